The normalized spacial score (nSPS) is 10.9. The van der Waals surface area contributed by atoms with E-state index < -0.39 is 0 Å². The molecule has 0 aliphatic heterocycles. The highest BCUT2D eigenvalue weighted by molar-refractivity contribution is 5.94. The summed E-state index contributed by atoms with van der Waals surface area (Å²) in [7, 11) is 3.95. The lowest BCUT2D eigenvalue weighted by atomic mass is 10.2. The number of nitrogens with one attached hydrogen (secondary N) is 1. The number of anilines is 1. The van der Waals surface area contributed by atoms with Gasteiger partial charge in [-0.05, 0) is 36.4 Å². The lowest BCUT2D eigenvalue weighted by Gasteiger charge is -2.07. The molecule has 1 amide bonds. The van der Waals surface area contributed by atoms with Crippen molar-refractivity contribution in [3.8, 4) is 0 Å². The van der Waals surface area contributed by atoms with Crippen LogP contribution in [0.4, 0.5) is 5.69 Å². The molecule has 4 nitrogen and oxygen atoms in total. The zero-order chi connectivity index (χ0) is 14.1. The number of fused-ring (bicyclic) bond motifs is 1. The molecule has 20 heavy (non-hydrogen) atoms. The Kier molecular flexibility index (Phi) is 3.06. The van der Waals surface area contributed by atoms with Gasteiger partial charge in [-0.2, -0.15) is 0 Å². The zero-order valence-electron chi connectivity index (χ0n) is 11.6. The van der Waals surface area contributed by atoms with E-state index in [1.54, 1.807) is 0 Å². The highest BCUT2D eigenvalue weighted by atomic mass is 16.1. The van der Waals surface area contributed by atoms with Crippen molar-refractivity contribution in [2.75, 3.05) is 5.32 Å². The number of hydrogen-bond donors (Lipinski definition) is 1. The van der Waals surface area contributed by atoms with Gasteiger partial charge in [0, 0.05) is 48.8 Å². The van der Waals surface area contributed by atoms with Crippen LogP contribution in [0.3, 0.4) is 0 Å². The molecule has 2 aromatic heterocycles. The summed E-state index contributed by atoms with van der Waals surface area (Å²) in [6.45, 7) is 0. The number of hydrogen-bond acceptors (Lipinski definition) is 1. The van der Waals surface area contributed by atoms with Gasteiger partial charge in [0.05, 0.1) is 6.42 Å². The lowest BCUT2D eigenvalue weighted by Crippen LogP contribution is -2.15. The molecule has 0 atom stereocenters. The zero-order valence-corrected chi connectivity index (χ0v) is 11.6. The summed E-state index contributed by atoms with van der Waals surface area (Å²) in [6.07, 6.45) is 4.34. The Bertz CT molecular complexity index is 767. The third-order valence-corrected chi connectivity index (χ3v) is 3.56. The SMILES string of the molecule is Cn1cccc1CC(=O)Nc1ccc2c(ccn2C)c1. The Morgan fingerprint density at radius 3 is 2.70 bits per heavy atom. The molecule has 102 valence electrons. The second-order valence-corrected chi connectivity index (χ2v) is 5.04. The summed E-state index contributed by atoms with van der Waals surface area (Å²) in [4.78, 5) is 12.0. The largest absolute Gasteiger partial charge is 0.354 e. The van der Waals surface area contributed by atoms with Gasteiger partial charge < -0.3 is 14.5 Å². The van der Waals surface area contributed by atoms with E-state index in [-0.39, 0.29) is 5.91 Å². The van der Waals surface area contributed by atoms with Gasteiger partial charge >= 0.3 is 0 Å². The van der Waals surface area contributed by atoms with Crippen molar-refractivity contribution in [2.45, 2.75) is 6.42 Å². The quantitative estimate of drug-likeness (QED) is 0.778. The monoisotopic (exact) mass is 267 g/mol. The maximum absolute atomic E-state index is 12.0. The van der Waals surface area contributed by atoms with Crippen LogP contribution in [0.1, 0.15) is 5.69 Å². The number of amides is 1. The van der Waals surface area contributed by atoms with Crippen molar-refractivity contribution < 1.29 is 4.79 Å². The number of aryl methyl sites for hydroxylation is 2. The van der Waals surface area contributed by atoms with Crippen molar-refractivity contribution in [2.24, 2.45) is 14.1 Å². The minimum atomic E-state index is 0.00193. The minimum Gasteiger partial charge on any atom is -0.354 e. The van der Waals surface area contributed by atoms with E-state index in [0.29, 0.717) is 6.42 Å². The second kappa shape index (κ2) is 4.89. The first-order valence-corrected chi connectivity index (χ1v) is 6.58. The molecule has 0 saturated carbocycles. The Morgan fingerprint density at radius 1 is 1.10 bits per heavy atom. The summed E-state index contributed by atoms with van der Waals surface area (Å²) in [5, 5.41) is 4.08. The Hall–Kier alpha value is -2.49. The maximum Gasteiger partial charge on any atom is 0.230 e. The third-order valence-electron chi connectivity index (χ3n) is 3.56. The van der Waals surface area contributed by atoms with Crippen molar-refractivity contribution in [1.29, 1.82) is 0 Å². The van der Waals surface area contributed by atoms with Crippen LogP contribution in [-0.4, -0.2) is 15.0 Å². The molecule has 3 rings (SSSR count). The number of nitrogens with zero attached hydrogens (tertiary/aromatic N) is 2. The highest BCUT2D eigenvalue weighted by Crippen LogP contribution is 2.19. The first kappa shape index (κ1) is 12.5. The fourth-order valence-electron chi connectivity index (χ4n) is 2.41. The van der Waals surface area contributed by atoms with E-state index in [0.717, 1.165) is 22.3 Å². The van der Waals surface area contributed by atoms with Gasteiger partial charge in [-0.15, -0.1) is 0 Å². The summed E-state index contributed by atoms with van der Waals surface area (Å²) in [5.74, 6) is 0.00193. The predicted molar refractivity (Wildman–Crippen MR) is 80.7 cm³/mol. The summed E-state index contributed by atoms with van der Waals surface area (Å²) < 4.78 is 4.02. The van der Waals surface area contributed by atoms with E-state index >= 15 is 0 Å². The van der Waals surface area contributed by atoms with Gasteiger partial charge in [0.1, 0.15) is 0 Å². The molecule has 0 fully saturated rings. The van der Waals surface area contributed by atoms with E-state index in [9.17, 15) is 4.79 Å². The van der Waals surface area contributed by atoms with Gasteiger partial charge in [-0.1, -0.05) is 0 Å². The van der Waals surface area contributed by atoms with Crippen molar-refractivity contribution in [3.05, 3.63) is 54.5 Å². The molecule has 1 aromatic carbocycles. The van der Waals surface area contributed by atoms with Crippen molar-refractivity contribution in [3.63, 3.8) is 0 Å². The van der Waals surface area contributed by atoms with Crippen molar-refractivity contribution >= 4 is 22.5 Å². The fraction of sp³-hybridized carbons (Fsp3) is 0.188. The van der Waals surface area contributed by atoms with Crippen LogP contribution in [0.15, 0.2) is 48.8 Å². The Balaban J connectivity index is 1.75. The molecule has 0 bridgehead atoms. The number of aromatic nitrogens is 2. The van der Waals surface area contributed by atoms with E-state index in [1.807, 2.05) is 67.5 Å². The topological polar surface area (TPSA) is 39.0 Å². The number of benzene rings is 1. The molecule has 3 aromatic rings. The molecule has 4 heteroatoms. The Labute approximate surface area is 117 Å². The standard InChI is InChI=1S/C16H17N3O/c1-18-8-3-4-14(18)11-16(20)17-13-5-6-15-12(10-13)7-9-19(15)2/h3-10H,11H2,1-2H3,(H,17,20). The average molecular weight is 267 g/mol. The highest BCUT2D eigenvalue weighted by Gasteiger charge is 2.07. The maximum atomic E-state index is 12.0. The third kappa shape index (κ3) is 2.32. The number of carbonyl (C=O) groups is 1. The van der Waals surface area contributed by atoms with Crippen LogP contribution < -0.4 is 5.32 Å². The smallest absolute Gasteiger partial charge is 0.230 e. The van der Waals surface area contributed by atoms with E-state index in [2.05, 4.69) is 9.88 Å². The van der Waals surface area contributed by atoms with Crippen LogP contribution in [-0.2, 0) is 25.3 Å². The van der Waals surface area contributed by atoms with Crippen LogP contribution in [0, 0.1) is 0 Å². The van der Waals surface area contributed by atoms with Gasteiger partial charge in [0.25, 0.3) is 0 Å². The van der Waals surface area contributed by atoms with Gasteiger partial charge in [-0.25, -0.2) is 0 Å². The average Bonchev–Trinajstić information content (AvgIpc) is 2.97. The second-order valence-electron chi connectivity index (χ2n) is 5.04. The van der Waals surface area contributed by atoms with Crippen LogP contribution in [0.2, 0.25) is 0 Å². The molecule has 0 aliphatic rings. The van der Waals surface area contributed by atoms with Crippen LogP contribution in [0.5, 0.6) is 0 Å². The van der Waals surface area contributed by atoms with E-state index in [1.165, 1.54) is 0 Å². The number of carbonyl (C=O) groups excluding carboxylic acids is 1. The molecule has 0 unspecified atom stereocenters. The lowest BCUT2D eigenvalue weighted by molar-refractivity contribution is -0.115. The molecule has 0 spiro atoms. The molecule has 2 heterocycles. The van der Waals surface area contributed by atoms with Crippen LogP contribution in [0.25, 0.3) is 10.9 Å². The fourth-order valence-corrected chi connectivity index (χ4v) is 2.41. The van der Waals surface area contributed by atoms with Crippen LogP contribution >= 0.6 is 0 Å². The molecular weight excluding hydrogens is 250 g/mol. The van der Waals surface area contributed by atoms with Gasteiger partial charge in [0.15, 0.2) is 0 Å². The predicted octanol–water partition coefficient (Wildman–Crippen LogP) is 2.70. The van der Waals surface area contributed by atoms with Gasteiger partial charge in [0.2, 0.25) is 5.91 Å². The molecule has 1 N–H and O–H groups in total. The first-order valence-electron chi connectivity index (χ1n) is 6.58. The van der Waals surface area contributed by atoms with Crippen molar-refractivity contribution in [1.82, 2.24) is 9.13 Å². The number of rotatable bonds is 3. The summed E-state index contributed by atoms with van der Waals surface area (Å²) >= 11 is 0. The molecule has 0 saturated heterocycles. The minimum absolute atomic E-state index is 0.00193. The van der Waals surface area contributed by atoms with Gasteiger partial charge in [-0.3, -0.25) is 4.79 Å². The molecule has 0 radical (unpaired) electrons. The molecular formula is C16H17N3O. The summed E-state index contributed by atoms with van der Waals surface area (Å²) in [5.41, 5.74) is 3.00. The molecule has 0 aliphatic carbocycles. The first-order chi connectivity index (χ1) is 9.63. The Morgan fingerprint density at radius 2 is 1.95 bits per heavy atom. The summed E-state index contributed by atoms with van der Waals surface area (Å²) in [6, 6.07) is 11.9. The van der Waals surface area contributed by atoms with E-state index in [4.69, 9.17) is 0 Å².